The van der Waals surface area contributed by atoms with E-state index in [1.807, 2.05) is 0 Å². The van der Waals surface area contributed by atoms with E-state index in [4.69, 9.17) is 9.47 Å². The fraction of sp³-hybridized carbons (Fsp3) is 0.970. The van der Waals surface area contributed by atoms with Crippen LogP contribution in [0.15, 0.2) is 0 Å². The van der Waals surface area contributed by atoms with E-state index in [9.17, 15) is 15.0 Å². The number of carbonyl (C=O) groups excluding carboxylic acids is 1. The molecule has 0 radical (unpaired) electrons. The maximum atomic E-state index is 12.4. The second-order valence-corrected chi connectivity index (χ2v) is 16.5. The Bertz CT molecular complexity index is 923. The minimum Gasteiger partial charge on any atom is -0.459 e. The molecular weight excluding hydrogens is 476 g/mol. The second-order valence-electron chi connectivity index (χ2n) is 16.5. The molecule has 0 aromatic heterocycles. The number of hydrogen-bond donors (Lipinski definition) is 2. The number of ether oxygens (including phenoxy) is 2. The topological polar surface area (TPSA) is 76.0 Å². The molecule has 5 rings (SSSR count). The van der Waals surface area contributed by atoms with Crippen molar-refractivity contribution in [3.63, 3.8) is 0 Å². The number of aliphatic hydroxyl groups excluding tert-OH is 2. The summed E-state index contributed by atoms with van der Waals surface area (Å²) in [5.74, 6) is 1.44. The maximum Gasteiger partial charge on any atom is 0.303 e. The second kappa shape index (κ2) is 9.18. The molecule has 5 fully saturated rings. The number of rotatable bonds is 2. The SMILES string of the molecule is CC(=O)OC(C1CC(C)C2C(O1)C(O)C1(C)C3CCC4CC3(CCCC(O)C4(C)C)CCC21C)C(C)(C)C. The third-order valence-corrected chi connectivity index (χ3v) is 13.4. The van der Waals surface area contributed by atoms with Crippen molar-refractivity contribution in [2.24, 2.45) is 50.7 Å². The molecule has 12 atom stereocenters. The van der Waals surface area contributed by atoms with Gasteiger partial charge in [-0.3, -0.25) is 4.79 Å². The number of hydrogen-bond acceptors (Lipinski definition) is 5. The summed E-state index contributed by atoms with van der Waals surface area (Å²) in [6.07, 6.45) is 8.34. The molecule has 4 saturated carbocycles. The highest BCUT2D eigenvalue weighted by Crippen LogP contribution is 2.76. The Labute approximate surface area is 231 Å². The van der Waals surface area contributed by atoms with Crippen molar-refractivity contribution in [1.82, 2.24) is 0 Å². The third kappa shape index (κ3) is 3.98. The van der Waals surface area contributed by atoms with Gasteiger partial charge in [-0.05, 0) is 91.3 Å². The largest absolute Gasteiger partial charge is 0.459 e. The molecule has 5 heteroatoms. The van der Waals surface area contributed by atoms with Gasteiger partial charge in [0.2, 0.25) is 0 Å². The van der Waals surface area contributed by atoms with Gasteiger partial charge in [-0.25, -0.2) is 0 Å². The van der Waals surface area contributed by atoms with E-state index in [2.05, 4.69) is 55.4 Å². The first kappa shape index (κ1) is 28.9. The molecule has 0 amide bonds. The van der Waals surface area contributed by atoms with Crippen LogP contribution in [0.3, 0.4) is 0 Å². The van der Waals surface area contributed by atoms with Crippen LogP contribution in [0, 0.1) is 50.7 Å². The summed E-state index contributed by atoms with van der Waals surface area (Å²) in [6, 6.07) is 0. The van der Waals surface area contributed by atoms with E-state index in [-0.39, 0.29) is 57.5 Å². The monoisotopic (exact) mass is 532 g/mol. The van der Waals surface area contributed by atoms with Crippen molar-refractivity contribution in [3.05, 3.63) is 0 Å². The summed E-state index contributed by atoms with van der Waals surface area (Å²) in [7, 11) is 0. The lowest BCUT2D eigenvalue weighted by atomic mass is 9.39. The van der Waals surface area contributed by atoms with Crippen molar-refractivity contribution in [2.75, 3.05) is 0 Å². The predicted octanol–water partition coefficient (Wildman–Crippen LogP) is 6.53. The molecule has 12 unspecified atom stereocenters. The van der Waals surface area contributed by atoms with E-state index in [1.54, 1.807) is 0 Å². The van der Waals surface area contributed by atoms with E-state index in [0.29, 0.717) is 23.7 Å². The van der Waals surface area contributed by atoms with Gasteiger partial charge in [-0.15, -0.1) is 0 Å². The average molecular weight is 533 g/mol. The lowest BCUT2D eigenvalue weighted by Crippen LogP contribution is -2.61. The highest BCUT2D eigenvalue weighted by molar-refractivity contribution is 5.66. The van der Waals surface area contributed by atoms with Gasteiger partial charge in [-0.2, -0.15) is 0 Å². The van der Waals surface area contributed by atoms with Crippen LogP contribution in [-0.4, -0.2) is 46.7 Å². The third-order valence-electron chi connectivity index (χ3n) is 13.4. The molecule has 218 valence electrons. The van der Waals surface area contributed by atoms with Crippen molar-refractivity contribution >= 4 is 5.97 Å². The van der Waals surface area contributed by atoms with E-state index in [1.165, 1.54) is 26.2 Å². The van der Waals surface area contributed by atoms with Gasteiger partial charge in [0.1, 0.15) is 6.10 Å². The Morgan fingerprint density at radius 3 is 2.34 bits per heavy atom. The van der Waals surface area contributed by atoms with Gasteiger partial charge in [0.25, 0.3) is 0 Å². The van der Waals surface area contributed by atoms with Gasteiger partial charge in [-0.1, -0.05) is 61.8 Å². The van der Waals surface area contributed by atoms with Gasteiger partial charge < -0.3 is 19.7 Å². The highest BCUT2D eigenvalue weighted by atomic mass is 16.6. The number of fused-ring (bicyclic) bond motifs is 5. The molecule has 4 aliphatic carbocycles. The lowest BCUT2D eigenvalue weighted by molar-refractivity contribution is -0.204. The summed E-state index contributed by atoms with van der Waals surface area (Å²) in [4.78, 5) is 12.1. The van der Waals surface area contributed by atoms with Crippen LogP contribution < -0.4 is 0 Å². The van der Waals surface area contributed by atoms with Gasteiger partial charge >= 0.3 is 5.97 Å². The zero-order chi connectivity index (χ0) is 28.1. The first-order chi connectivity index (χ1) is 17.5. The molecule has 5 nitrogen and oxygen atoms in total. The Hall–Kier alpha value is -0.650. The van der Waals surface area contributed by atoms with Crippen molar-refractivity contribution in [3.8, 4) is 0 Å². The summed E-state index contributed by atoms with van der Waals surface area (Å²) in [6.45, 7) is 19.7. The quantitative estimate of drug-likeness (QED) is 0.396. The zero-order valence-electron chi connectivity index (χ0n) is 25.7. The average Bonchev–Trinajstić information content (AvgIpc) is 2.99. The number of aliphatic hydroxyl groups is 2. The molecule has 5 aliphatic rings. The molecule has 38 heavy (non-hydrogen) atoms. The van der Waals surface area contributed by atoms with Crippen LogP contribution in [0.4, 0.5) is 0 Å². The van der Waals surface area contributed by atoms with Gasteiger partial charge in [0.15, 0.2) is 0 Å². The Morgan fingerprint density at radius 1 is 1.03 bits per heavy atom. The van der Waals surface area contributed by atoms with Crippen LogP contribution in [0.2, 0.25) is 0 Å². The molecule has 1 saturated heterocycles. The molecule has 2 bridgehead atoms. The van der Waals surface area contributed by atoms with Crippen LogP contribution in [0.5, 0.6) is 0 Å². The fourth-order valence-corrected chi connectivity index (χ4v) is 11.2. The van der Waals surface area contributed by atoms with Crippen LogP contribution >= 0.6 is 0 Å². The molecule has 1 aliphatic heterocycles. The van der Waals surface area contributed by atoms with Crippen LogP contribution in [-0.2, 0) is 14.3 Å². The fourth-order valence-electron chi connectivity index (χ4n) is 11.2. The molecular formula is C33H56O5. The Morgan fingerprint density at radius 2 is 1.71 bits per heavy atom. The van der Waals surface area contributed by atoms with Gasteiger partial charge in [0.05, 0.1) is 24.4 Å². The minimum atomic E-state index is -0.525. The Kier molecular flexibility index (Phi) is 6.97. The first-order valence-electron chi connectivity index (χ1n) is 15.7. The van der Waals surface area contributed by atoms with Crippen molar-refractivity contribution < 1.29 is 24.5 Å². The summed E-state index contributed by atoms with van der Waals surface area (Å²) in [5, 5.41) is 23.4. The highest BCUT2D eigenvalue weighted by Gasteiger charge is 2.74. The van der Waals surface area contributed by atoms with E-state index < -0.39 is 6.10 Å². The summed E-state index contributed by atoms with van der Waals surface area (Å²) in [5.41, 5.74) is -0.246. The molecule has 1 heterocycles. The van der Waals surface area contributed by atoms with Crippen molar-refractivity contribution in [2.45, 2.75) is 151 Å². The predicted molar refractivity (Wildman–Crippen MR) is 149 cm³/mol. The molecule has 2 N–H and O–H groups in total. The Balaban J connectivity index is 1.49. The first-order valence-corrected chi connectivity index (χ1v) is 15.7. The van der Waals surface area contributed by atoms with E-state index in [0.717, 1.165) is 38.5 Å². The number of carbonyl (C=O) groups is 1. The van der Waals surface area contributed by atoms with Crippen LogP contribution in [0.25, 0.3) is 0 Å². The normalized spacial score (nSPS) is 51.0. The lowest BCUT2D eigenvalue weighted by Gasteiger charge is -2.66. The van der Waals surface area contributed by atoms with Crippen molar-refractivity contribution in [1.29, 1.82) is 0 Å². The molecule has 0 aromatic rings. The summed E-state index contributed by atoms with van der Waals surface area (Å²) >= 11 is 0. The molecule has 1 spiro atoms. The minimum absolute atomic E-state index is 0.0142. The van der Waals surface area contributed by atoms with Crippen LogP contribution in [0.1, 0.15) is 120 Å². The number of esters is 1. The standard InChI is InChI=1S/C33H56O5/c1-19-17-22(28(29(3,4)5)37-20(2)34)38-26-25(19)31(8)15-16-33-14-10-11-24(35)30(6,7)21(18-33)12-13-23(33)32(31,9)27(26)36/h19,21-28,35-36H,10-18H2,1-9H3. The van der Waals surface area contributed by atoms with E-state index >= 15 is 0 Å². The van der Waals surface area contributed by atoms with Gasteiger partial charge in [0, 0.05) is 17.8 Å². The zero-order valence-corrected chi connectivity index (χ0v) is 25.7. The smallest absolute Gasteiger partial charge is 0.303 e. The molecule has 0 aromatic carbocycles. The summed E-state index contributed by atoms with van der Waals surface area (Å²) < 4.78 is 12.8. The maximum absolute atomic E-state index is 12.4.